The first-order valence-corrected chi connectivity index (χ1v) is 15.7. The van der Waals surface area contributed by atoms with Gasteiger partial charge >= 0.3 is 0 Å². The summed E-state index contributed by atoms with van der Waals surface area (Å²) in [7, 11) is 2.05. The van der Waals surface area contributed by atoms with Crippen LogP contribution in [-0.4, -0.2) is 101 Å². The summed E-state index contributed by atoms with van der Waals surface area (Å²) in [5.41, 5.74) is 0.995. The zero-order valence-electron chi connectivity index (χ0n) is 23.4. The van der Waals surface area contributed by atoms with Crippen molar-refractivity contribution in [2.75, 3.05) is 65.2 Å². The molecule has 1 N–H and O–H groups in total. The minimum Gasteiger partial charge on any atom is -0.478 e. The summed E-state index contributed by atoms with van der Waals surface area (Å²) in [6.45, 7) is 2.73. The van der Waals surface area contributed by atoms with Crippen LogP contribution in [0.3, 0.4) is 0 Å². The maximum atomic E-state index is 13.4. The smallest absolute Gasteiger partial charge is 0.280 e. The largest absolute Gasteiger partial charge is 0.478 e. The van der Waals surface area contributed by atoms with Crippen molar-refractivity contribution in [3.63, 3.8) is 0 Å². The third kappa shape index (κ3) is 8.91. The van der Waals surface area contributed by atoms with E-state index in [9.17, 15) is 13.2 Å². The summed E-state index contributed by atoms with van der Waals surface area (Å²) in [5.74, 6) is -0.107. The van der Waals surface area contributed by atoms with Crippen LogP contribution in [0, 0.1) is 0 Å². The molecule has 1 aliphatic heterocycles. The number of rotatable bonds is 15. The summed E-state index contributed by atoms with van der Waals surface area (Å²) in [4.78, 5) is 30.8. The number of hydrogen-bond acceptors (Lipinski definition) is 12. The molecule has 0 bridgehead atoms. The number of fused-ring (bicyclic) bond motifs is 1. The van der Waals surface area contributed by atoms with E-state index in [4.69, 9.17) is 19.0 Å². The number of nitrogens with zero attached hydrogens (tertiary/aromatic N) is 4. The Labute approximate surface area is 243 Å². The van der Waals surface area contributed by atoms with Gasteiger partial charge in [-0.05, 0) is 45.1 Å². The molecule has 12 nitrogen and oxygen atoms in total. The Bertz CT molecular complexity index is 1440. The molecule has 1 aliphatic rings. The average Bonchev–Trinajstić information content (AvgIpc) is 3.61. The van der Waals surface area contributed by atoms with Crippen LogP contribution in [0.1, 0.15) is 24.8 Å². The maximum absolute atomic E-state index is 13.4. The van der Waals surface area contributed by atoms with Gasteiger partial charge in [0.25, 0.3) is 5.91 Å². The summed E-state index contributed by atoms with van der Waals surface area (Å²) in [5, 5.41) is 7.25. The monoisotopic (exact) mass is 605 g/mol. The van der Waals surface area contributed by atoms with Gasteiger partial charge in [0.15, 0.2) is 26.8 Å². The zero-order valence-corrected chi connectivity index (χ0v) is 25.0. The molecular weight excluding hydrogens is 570 g/mol. The number of anilines is 1. The SMILES string of the molecule is COCCCS(=O)(=O)c1ccc(/C(=N\O[C@@H]2CCOC2)C(=O)Nc2nc3ccc(OCCCN(C)C)nc3s2)cc1. The summed E-state index contributed by atoms with van der Waals surface area (Å²) >= 11 is 1.21. The van der Waals surface area contributed by atoms with Gasteiger partial charge in [0.2, 0.25) is 5.88 Å². The van der Waals surface area contributed by atoms with Crippen LogP contribution >= 0.6 is 11.3 Å². The highest BCUT2D eigenvalue weighted by Gasteiger charge is 2.22. The van der Waals surface area contributed by atoms with Gasteiger partial charge in [-0.3, -0.25) is 10.1 Å². The Kier molecular flexibility index (Phi) is 11.0. The van der Waals surface area contributed by atoms with Crippen molar-refractivity contribution in [3.8, 4) is 5.88 Å². The molecule has 3 aromatic rings. The lowest BCUT2D eigenvalue weighted by atomic mass is 10.1. The van der Waals surface area contributed by atoms with E-state index >= 15 is 0 Å². The molecular formula is C27H35N5O7S2. The molecule has 4 rings (SSSR count). The first kappa shape index (κ1) is 30.8. The van der Waals surface area contributed by atoms with Gasteiger partial charge in [0.05, 0.1) is 30.5 Å². The normalized spacial score (nSPS) is 15.9. The fraction of sp³-hybridized carbons (Fsp3) is 0.481. The highest BCUT2D eigenvalue weighted by atomic mass is 32.2. The van der Waals surface area contributed by atoms with Gasteiger partial charge in [-0.15, -0.1) is 0 Å². The molecule has 14 heteroatoms. The number of aromatic nitrogens is 2. The molecule has 0 saturated carbocycles. The van der Waals surface area contributed by atoms with Crippen LogP contribution in [0.4, 0.5) is 5.13 Å². The van der Waals surface area contributed by atoms with Crippen LogP contribution in [0.2, 0.25) is 0 Å². The summed E-state index contributed by atoms with van der Waals surface area (Å²) < 4.78 is 41.3. The first-order valence-electron chi connectivity index (χ1n) is 13.3. The van der Waals surface area contributed by atoms with Crippen molar-refractivity contribution in [2.24, 2.45) is 5.16 Å². The highest BCUT2D eigenvalue weighted by molar-refractivity contribution is 7.91. The molecule has 0 spiro atoms. The number of carbonyl (C=O) groups excluding carboxylic acids is 1. The molecule has 1 atom stereocenters. The van der Waals surface area contributed by atoms with Crippen molar-refractivity contribution in [1.29, 1.82) is 0 Å². The standard InChI is InChI=1S/C27H35N5O7S2/c1-32(2)13-4-15-38-23-11-10-22-26(29-23)40-27(28-22)30-25(33)24(31-39-20-12-16-37-18-20)19-6-8-21(9-7-19)41(34,35)17-5-14-36-3/h6-11,20H,4-5,12-18H2,1-3H3,(H,28,30,33)/b31-24+/t20-/m1/s1. The fourth-order valence-corrected chi connectivity index (χ4v) is 6.04. The Morgan fingerprint density at radius 1 is 1.15 bits per heavy atom. The molecule has 1 saturated heterocycles. The Morgan fingerprint density at radius 2 is 1.95 bits per heavy atom. The molecule has 0 radical (unpaired) electrons. The van der Waals surface area contributed by atoms with E-state index in [2.05, 4.69) is 25.3 Å². The average molecular weight is 606 g/mol. The zero-order chi connectivity index (χ0) is 29.2. The van der Waals surface area contributed by atoms with Gasteiger partial charge in [-0.2, -0.15) is 0 Å². The van der Waals surface area contributed by atoms with Crippen LogP contribution in [0.5, 0.6) is 5.88 Å². The molecule has 1 aromatic carbocycles. The number of amides is 1. The molecule has 41 heavy (non-hydrogen) atoms. The van der Waals surface area contributed by atoms with Gasteiger partial charge in [0.1, 0.15) is 10.3 Å². The van der Waals surface area contributed by atoms with Crippen LogP contribution in [-0.2, 0) is 28.9 Å². The number of pyridine rings is 1. The van der Waals surface area contributed by atoms with E-state index in [0.717, 1.165) is 13.0 Å². The minimum atomic E-state index is -3.49. The third-order valence-electron chi connectivity index (χ3n) is 6.09. The second-order valence-electron chi connectivity index (χ2n) is 9.67. The molecule has 1 fully saturated rings. The molecule has 0 unspecified atom stereocenters. The lowest BCUT2D eigenvalue weighted by Gasteiger charge is -2.10. The van der Waals surface area contributed by atoms with E-state index in [0.29, 0.717) is 66.2 Å². The van der Waals surface area contributed by atoms with Gasteiger partial charge < -0.3 is 23.9 Å². The molecule has 3 heterocycles. The Morgan fingerprint density at radius 3 is 2.66 bits per heavy atom. The van der Waals surface area contributed by atoms with Crippen molar-refractivity contribution in [3.05, 3.63) is 42.0 Å². The first-order chi connectivity index (χ1) is 19.7. The van der Waals surface area contributed by atoms with Crippen molar-refractivity contribution < 1.29 is 32.3 Å². The summed E-state index contributed by atoms with van der Waals surface area (Å²) in [6, 6.07) is 9.53. The van der Waals surface area contributed by atoms with E-state index in [1.165, 1.54) is 42.7 Å². The van der Waals surface area contributed by atoms with Crippen LogP contribution in [0.25, 0.3) is 10.3 Å². The predicted molar refractivity (Wildman–Crippen MR) is 157 cm³/mol. The van der Waals surface area contributed by atoms with E-state index in [1.807, 2.05) is 14.1 Å². The lowest BCUT2D eigenvalue weighted by Crippen LogP contribution is -2.25. The number of methoxy groups -OCH3 is 1. The quantitative estimate of drug-likeness (QED) is 0.156. The van der Waals surface area contributed by atoms with Crippen molar-refractivity contribution >= 4 is 48.3 Å². The van der Waals surface area contributed by atoms with Crippen molar-refractivity contribution in [1.82, 2.24) is 14.9 Å². The van der Waals surface area contributed by atoms with Gasteiger partial charge in [-0.25, -0.2) is 18.4 Å². The number of sulfone groups is 1. The van der Waals surface area contributed by atoms with Gasteiger partial charge in [0, 0.05) is 38.3 Å². The molecule has 1 amide bonds. The number of carbonyl (C=O) groups is 1. The van der Waals surface area contributed by atoms with Crippen LogP contribution in [0.15, 0.2) is 46.4 Å². The Hall–Kier alpha value is -3.17. The fourth-order valence-electron chi connectivity index (χ4n) is 3.93. The number of thiazole rings is 1. The lowest BCUT2D eigenvalue weighted by molar-refractivity contribution is -0.110. The third-order valence-corrected chi connectivity index (χ3v) is 8.79. The van der Waals surface area contributed by atoms with E-state index in [1.54, 1.807) is 12.1 Å². The second kappa shape index (κ2) is 14.6. The van der Waals surface area contributed by atoms with E-state index in [-0.39, 0.29) is 22.5 Å². The van der Waals surface area contributed by atoms with Gasteiger partial charge in [-0.1, -0.05) is 28.6 Å². The number of benzene rings is 1. The number of oxime groups is 1. The highest BCUT2D eigenvalue weighted by Crippen LogP contribution is 2.27. The predicted octanol–water partition coefficient (Wildman–Crippen LogP) is 2.98. The number of hydrogen-bond donors (Lipinski definition) is 1. The Balaban J connectivity index is 1.49. The number of ether oxygens (including phenoxy) is 3. The number of nitrogens with one attached hydrogen (secondary N) is 1. The molecule has 222 valence electrons. The summed E-state index contributed by atoms with van der Waals surface area (Å²) in [6.07, 6.45) is 1.63. The topological polar surface area (TPSA) is 142 Å². The molecule has 0 aliphatic carbocycles. The maximum Gasteiger partial charge on any atom is 0.280 e. The van der Waals surface area contributed by atoms with Crippen LogP contribution < -0.4 is 10.1 Å². The van der Waals surface area contributed by atoms with Crippen molar-refractivity contribution in [2.45, 2.75) is 30.3 Å². The minimum absolute atomic E-state index is 0.0163. The second-order valence-corrected chi connectivity index (χ2v) is 12.8. The van der Waals surface area contributed by atoms with E-state index < -0.39 is 15.7 Å². The molecule has 2 aromatic heterocycles.